The SMILES string of the molecule is CCc1nc(CCC(C)N2CCN(C)CC2)n(-c2ccccc2Cl)n1. The smallest absolute Gasteiger partial charge is 0.151 e. The molecular formula is C19H28ClN5. The van der Waals surface area contributed by atoms with Gasteiger partial charge in [0, 0.05) is 45.1 Å². The minimum atomic E-state index is 0.551. The molecule has 1 aromatic heterocycles. The second-order valence-corrected chi connectivity index (χ2v) is 7.30. The largest absolute Gasteiger partial charge is 0.304 e. The van der Waals surface area contributed by atoms with Crippen molar-refractivity contribution in [3.8, 4) is 5.69 Å². The maximum absolute atomic E-state index is 6.38. The zero-order chi connectivity index (χ0) is 17.8. The molecule has 0 radical (unpaired) electrons. The normalized spacial score (nSPS) is 17.8. The summed E-state index contributed by atoms with van der Waals surface area (Å²) in [6, 6.07) is 8.39. The molecule has 0 bridgehead atoms. The number of aryl methyl sites for hydroxylation is 2. The van der Waals surface area contributed by atoms with E-state index in [-0.39, 0.29) is 0 Å². The summed E-state index contributed by atoms with van der Waals surface area (Å²) in [5.41, 5.74) is 0.915. The van der Waals surface area contributed by atoms with Crippen LogP contribution in [-0.2, 0) is 12.8 Å². The van der Waals surface area contributed by atoms with Gasteiger partial charge in [0.25, 0.3) is 0 Å². The highest BCUT2D eigenvalue weighted by Gasteiger charge is 2.20. The van der Waals surface area contributed by atoms with Gasteiger partial charge >= 0.3 is 0 Å². The number of rotatable bonds is 6. The monoisotopic (exact) mass is 361 g/mol. The standard InChI is InChI=1S/C19H28ClN5/c1-4-18-21-19(25(22-18)17-8-6-5-7-16(17)20)10-9-15(2)24-13-11-23(3)12-14-24/h5-8,15H,4,9-14H2,1-3H3. The summed E-state index contributed by atoms with van der Waals surface area (Å²) in [6.07, 6.45) is 2.82. The molecule has 0 saturated carbocycles. The van der Waals surface area contributed by atoms with Crippen LogP contribution in [0.25, 0.3) is 5.69 Å². The maximum Gasteiger partial charge on any atom is 0.151 e. The average molecular weight is 362 g/mol. The molecule has 0 N–H and O–H groups in total. The Kier molecular flexibility index (Phi) is 6.10. The fourth-order valence-corrected chi connectivity index (χ4v) is 3.52. The van der Waals surface area contributed by atoms with Gasteiger partial charge in [0.2, 0.25) is 0 Å². The lowest BCUT2D eigenvalue weighted by Gasteiger charge is -2.36. The molecule has 0 aliphatic carbocycles. The van der Waals surface area contributed by atoms with Gasteiger partial charge in [-0.15, -0.1) is 0 Å². The number of halogens is 1. The lowest BCUT2D eigenvalue weighted by Crippen LogP contribution is -2.48. The highest BCUT2D eigenvalue weighted by atomic mass is 35.5. The van der Waals surface area contributed by atoms with Crippen LogP contribution in [0.1, 0.15) is 31.9 Å². The number of likely N-dealkylation sites (N-methyl/N-ethyl adjacent to an activating group) is 1. The van der Waals surface area contributed by atoms with E-state index in [0.717, 1.165) is 62.8 Å². The summed E-state index contributed by atoms with van der Waals surface area (Å²) in [6.45, 7) is 9.01. The van der Waals surface area contributed by atoms with Gasteiger partial charge in [0.15, 0.2) is 5.82 Å². The summed E-state index contributed by atoms with van der Waals surface area (Å²) in [5.74, 6) is 1.88. The van der Waals surface area contributed by atoms with Crippen molar-refractivity contribution in [1.29, 1.82) is 0 Å². The molecule has 1 unspecified atom stereocenters. The van der Waals surface area contributed by atoms with E-state index in [9.17, 15) is 0 Å². The molecule has 0 spiro atoms. The van der Waals surface area contributed by atoms with E-state index in [1.807, 2.05) is 28.9 Å². The van der Waals surface area contributed by atoms with Crippen molar-refractivity contribution in [1.82, 2.24) is 24.6 Å². The summed E-state index contributed by atoms with van der Waals surface area (Å²) in [7, 11) is 2.19. The number of nitrogens with zero attached hydrogens (tertiary/aromatic N) is 5. The number of aromatic nitrogens is 3. The van der Waals surface area contributed by atoms with E-state index in [0.29, 0.717) is 11.1 Å². The van der Waals surface area contributed by atoms with Gasteiger partial charge in [-0.1, -0.05) is 30.7 Å². The van der Waals surface area contributed by atoms with Crippen LogP contribution in [0, 0.1) is 0 Å². The first kappa shape index (κ1) is 18.4. The Balaban J connectivity index is 1.72. The molecule has 0 amide bonds. The van der Waals surface area contributed by atoms with E-state index < -0.39 is 0 Å². The third-order valence-electron chi connectivity index (χ3n) is 5.06. The van der Waals surface area contributed by atoms with Gasteiger partial charge in [-0.05, 0) is 32.5 Å². The van der Waals surface area contributed by atoms with Crippen LogP contribution in [0.2, 0.25) is 5.02 Å². The van der Waals surface area contributed by atoms with Crippen LogP contribution < -0.4 is 0 Å². The number of piperazine rings is 1. The number of para-hydroxylation sites is 1. The summed E-state index contributed by atoms with van der Waals surface area (Å²) >= 11 is 6.38. The van der Waals surface area contributed by atoms with Crippen LogP contribution in [0.5, 0.6) is 0 Å². The molecular weight excluding hydrogens is 334 g/mol. The first-order valence-electron chi connectivity index (χ1n) is 9.20. The van der Waals surface area contributed by atoms with E-state index in [1.54, 1.807) is 0 Å². The van der Waals surface area contributed by atoms with Crippen molar-refractivity contribution in [3.05, 3.63) is 40.9 Å². The summed E-state index contributed by atoms with van der Waals surface area (Å²) in [5, 5.41) is 5.37. The van der Waals surface area contributed by atoms with Crippen LogP contribution >= 0.6 is 11.6 Å². The van der Waals surface area contributed by atoms with Gasteiger partial charge in [0.1, 0.15) is 5.82 Å². The Bertz CT molecular complexity index is 691. The zero-order valence-electron chi connectivity index (χ0n) is 15.5. The summed E-state index contributed by atoms with van der Waals surface area (Å²) < 4.78 is 1.93. The fourth-order valence-electron chi connectivity index (χ4n) is 3.30. The molecule has 1 aliphatic heterocycles. The Morgan fingerprint density at radius 3 is 2.56 bits per heavy atom. The summed E-state index contributed by atoms with van der Waals surface area (Å²) in [4.78, 5) is 9.72. The van der Waals surface area contributed by atoms with Crippen LogP contribution in [0.4, 0.5) is 0 Å². The Labute approximate surface area is 155 Å². The van der Waals surface area contributed by atoms with Crippen LogP contribution in [0.15, 0.2) is 24.3 Å². The third kappa shape index (κ3) is 4.40. The van der Waals surface area contributed by atoms with Gasteiger partial charge < -0.3 is 4.90 Å². The second-order valence-electron chi connectivity index (χ2n) is 6.89. The number of hydrogen-bond acceptors (Lipinski definition) is 4. The highest BCUT2D eigenvalue weighted by Crippen LogP contribution is 2.22. The van der Waals surface area contributed by atoms with Gasteiger partial charge in [-0.25, -0.2) is 9.67 Å². The fraction of sp³-hybridized carbons (Fsp3) is 0.579. The van der Waals surface area contributed by atoms with Crippen molar-refractivity contribution in [3.63, 3.8) is 0 Å². The van der Waals surface area contributed by atoms with E-state index >= 15 is 0 Å². The lowest BCUT2D eigenvalue weighted by atomic mass is 10.1. The highest BCUT2D eigenvalue weighted by molar-refractivity contribution is 6.32. The Hall–Kier alpha value is -1.43. The molecule has 1 aliphatic rings. The predicted molar refractivity (Wildman–Crippen MR) is 103 cm³/mol. The topological polar surface area (TPSA) is 37.2 Å². The molecule has 6 heteroatoms. The van der Waals surface area contributed by atoms with Crippen molar-refractivity contribution in [2.75, 3.05) is 33.2 Å². The maximum atomic E-state index is 6.38. The zero-order valence-corrected chi connectivity index (χ0v) is 16.2. The molecule has 1 saturated heterocycles. The quantitative estimate of drug-likeness (QED) is 0.792. The molecule has 136 valence electrons. The van der Waals surface area contributed by atoms with Crippen molar-refractivity contribution >= 4 is 11.6 Å². The number of benzene rings is 1. The second kappa shape index (κ2) is 8.30. The molecule has 5 nitrogen and oxygen atoms in total. The molecule has 2 aromatic rings. The molecule has 1 atom stereocenters. The van der Waals surface area contributed by atoms with Crippen molar-refractivity contribution in [2.24, 2.45) is 0 Å². The molecule has 3 rings (SSSR count). The van der Waals surface area contributed by atoms with Crippen LogP contribution in [-0.4, -0.2) is 63.8 Å². The first-order valence-corrected chi connectivity index (χ1v) is 9.58. The van der Waals surface area contributed by atoms with Crippen molar-refractivity contribution < 1.29 is 0 Å². The van der Waals surface area contributed by atoms with E-state index in [2.05, 4.69) is 35.8 Å². The molecule has 1 aromatic carbocycles. The van der Waals surface area contributed by atoms with Crippen LogP contribution in [0.3, 0.4) is 0 Å². The number of hydrogen-bond donors (Lipinski definition) is 0. The van der Waals surface area contributed by atoms with Crippen molar-refractivity contribution in [2.45, 2.75) is 39.2 Å². The van der Waals surface area contributed by atoms with Gasteiger partial charge in [0.05, 0.1) is 10.7 Å². The lowest BCUT2D eigenvalue weighted by molar-refractivity contribution is 0.114. The minimum absolute atomic E-state index is 0.551. The first-order chi connectivity index (χ1) is 12.1. The minimum Gasteiger partial charge on any atom is -0.304 e. The van der Waals surface area contributed by atoms with E-state index in [1.165, 1.54) is 0 Å². The third-order valence-corrected chi connectivity index (χ3v) is 5.38. The average Bonchev–Trinajstić information content (AvgIpc) is 3.04. The molecule has 2 heterocycles. The molecule has 25 heavy (non-hydrogen) atoms. The Morgan fingerprint density at radius 2 is 1.88 bits per heavy atom. The van der Waals surface area contributed by atoms with Gasteiger partial charge in [-0.2, -0.15) is 5.10 Å². The predicted octanol–water partition coefficient (Wildman–Crippen LogP) is 3.05. The molecule has 1 fully saturated rings. The Morgan fingerprint density at radius 1 is 1.16 bits per heavy atom. The van der Waals surface area contributed by atoms with Gasteiger partial charge in [-0.3, -0.25) is 4.90 Å². The van der Waals surface area contributed by atoms with E-state index in [4.69, 9.17) is 16.6 Å².